The smallest absolute Gasteiger partial charge is 0.136 e. The molecule has 0 aliphatic rings. The summed E-state index contributed by atoms with van der Waals surface area (Å²) in [4.78, 5) is 0. The lowest BCUT2D eigenvalue weighted by Gasteiger charge is -2.11. The highest BCUT2D eigenvalue weighted by Gasteiger charge is 2.19. The first-order valence-corrected chi connectivity index (χ1v) is 16.1. The standard InChI is InChI=1S/C42H25NOS/c1-2-12-30(13-3-1)43-37-17-9-8-16-34(37)42-41(43)36-23-28(19-21-40(36)45-42)31-14-6-7-15-32(31)29-18-20-33-35-22-26-10-4-5-11-27(26)24-39(35)44-38(33)25-29/h1-25H. The van der Waals surface area contributed by atoms with Gasteiger partial charge in [-0.3, -0.25) is 0 Å². The molecule has 0 saturated carbocycles. The van der Waals surface area contributed by atoms with Crippen molar-refractivity contribution in [3.63, 3.8) is 0 Å². The summed E-state index contributed by atoms with van der Waals surface area (Å²) in [7, 11) is 0. The Bertz CT molecular complexity index is 2760. The molecule has 0 amide bonds. The van der Waals surface area contributed by atoms with Crippen molar-refractivity contribution < 1.29 is 4.42 Å². The Balaban J connectivity index is 1.17. The molecule has 0 spiro atoms. The van der Waals surface area contributed by atoms with E-state index in [9.17, 15) is 0 Å². The molecule has 2 nitrogen and oxygen atoms in total. The van der Waals surface area contributed by atoms with Gasteiger partial charge in [0, 0.05) is 31.9 Å². The molecule has 10 rings (SSSR count). The molecule has 0 radical (unpaired) electrons. The van der Waals surface area contributed by atoms with Crippen LogP contribution in [-0.2, 0) is 0 Å². The maximum atomic E-state index is 6.45. The maximum absolute atomic E-state index is 6.45. The second-order valence-electron chi connectivity index (χ2n) is 11.7. The van der Waals surface area contributed by atoms with Gasteiger partial charge in [-0.05, 0) is 87.6 Å². The molecule has 0 fully saturated rings. The number of fused-ring (bicyclic) bond motifs is 9. The minimum atomic E-state index is 0.912. The van der Waals surface area contributed by atoms with Gasteiger partial charge in [0.25, 0.3) is 0 Å². The van der Waals surface area contributed by atoms with E-state index in [0.29, 0.717) is 0 Å². The topological polar surface area (TPSA) is 18.1 Å². The molecule has 0 aliphatic heterocycles. The predicted molar refractivity (Wildman–Crippen MR) is 192 cm³/mol. The Morgan fingerprint density at radius 2 is 1.13 bits per heavy atom. The Morgan fingerprint density at radius 3 is 1.98 bits per heavy atom. The third-order valence-electron chi connectivity index (χ3n) is 9.18. The minimum Gasteiger partial charge on any atom is -0.456 e. The molecule has 0 aliphatic carbocycles. The second kappa shape index (κ2) is 9.43. The molecule has 3 aromatic heterocycles. The van der Waals surface area contributed by atoms with Gasteiger partial charge >= 0.3 is 0 Å². The van der Waals surface area contributed by atoms with E-state index in [0.717, 1.165) is 27.5 Å². The number of benzene rings is 7. The Hall–Kier alpha value is -5.64. The first-order chi connectivity index (χ1) is 22.3. The van der Waals surface area contributed by atoms with Gasteiger partial charge < -0.3 is 8.98 Å². The average molecular weight is 592 g/mol. The van der Waals surface area contributed by atoms with Gasteiger partial charge in [-0.15, -0.1) is 11.3 Å². The van der Waals surface area contributed by atoms with Crippen molar-refractivity contribution in [1.82, 2.24) is 4.57 Å². The van der Waals surface area contributed by atoms with Crippen LogP contribution in [0.15, 0.2) is 156 Å². The Labute approximate surface area is 263 Å². The number of hydrogen-bond acceptors (Lipinski definition) is 2. The second-order valence-corrected chi connectivity index (χ2v) is 12.8. The van der Waals surface area contributed by atoms with Gasteiger partial charge in [0.2, 0.25) is 0 Å². The monoisotopic (exact) mass is 591 g/mol. The zero-order valence-corrected chi connectivity index (χ0v) is 25.0. The van der Waals surface area contributed by atoms with Crippen molar-refractivity contribution in [2.75, 3.05) is 0 Å². The summed E-state index contributed by atoms with van der Waals surface area (Å²) in [6, 6.07) is 54.7. The van der Waals surface area contributed by atoms with E-state index in [-0.39, 0.29) is 0 Å². The molecular weight excluding hydrogens is 567 g/mol. The summed E-state index contributed by atoms with van der Waals surface area (Å²) in [5.74, 6) is 0. The fourth-order valence-electron chi connectivity index (χ4n) is 7.10. The maximum Gasteiger partial charge on any atom is 0.136 e. The van der Waals surface area contributed by atoms with E-state index in [1.807, 2.05) is 11.3 Å². The number of aromatic nitrogens is 1. The van der Waals surface area contributed by atoms with Crippen molar-refractivity contribution in [2.45, 2.75) is 0 Å². The lowest BCUT2D eigenvalue weighted by molar-refractivity contribution is 0.669. The zero-order chi connectivity index (χ0) is 29.5. The summed E-state index contributed by atoms with van der Waals surface area (Å²) >= 11 is 1.88. The predicted octanol–water partition coefficient (Wildman–Crippen LogP) is 12.4. The molecule has 0 saturated heterocycles. The van der Waals surface area contributed by atoms with Crippen molar-refractivity contribution in [1.29, 1.82) is 0 Å². The molecule has 45 heavy (non-hydrogen) atoms. The first-order valence-electron chi connectivity index (χ1n) is 15.3. The van der Waals surface area contributed by atoms with Crippen LogP contribution in [0.3, 0.4) is 0 Å². The highest BCUT2D eigenvalue weighted by Crippen LogP contribution is 2.44. The number of furan rings is 1. The van der Waals surface area contributed by atoms with Crippen LogP contribution in [-0.4, -0.2) is 4.57 Å². The molecule has 0 unspecified atom stereocenters. The lowest BCUT2D eigenvalue weighted by atomic mass is 9.93. The van der Waals surface area contributed by atoms with Crippen LogP contribution in [0.25, 0.3) is 91.9 Å². The van der Waals surface area contributed by atoms with Crippen molar-refractivity contribution >= 4 is 75.3 Å². The summed E-state index contributed by atoms with van der Waals surface area (Å²) in [5, 5.41) is 7.30. The third-order valence-corrected chi connectivity index (χ3v) is 10.4. The summed E-state index contributed by atoms with van der Waals surface area (Å²) in [6.45, 7) is 0. The van der Waals surface area contributed by atoms with E-state index in [1.54, 1.807) is 0 Å². The van der Waals surface area contributed by atoms with Crippen LogP contribution in [0.4, 0.5) is 0 Å². The van der Waals surface area contributed by atoms with Crippen molar-refractivity contribution in [3.05, 3.63) is 152 Å². The molecule has 0 N–H and O–H groups in total. The van der Waals surface area contributed by atoms with E-state index in [1.165, 1.54) is 64.4 Å². The van der Waals surface area contributed by atoms with Gasteiger partial charge in [0.1, 0.15) is 11.2 Å². The number of rotatable bonds is 3. The summed E-state index contributed by atoms with van der Waals surface area (Å²) in [6.07, 6.45) is 0. The molecule has 3 heterocycles. The highest BCUT2D eigenvalue weighted by molar-refractivity contribution is 7.26. The Kier molecular flexibility index (Phi) is 5.19. The van der Waals surface area contributed by atoms with Gasteiger partial charge in [0.05, 0.1) is 15.7 Å². The van der Waals surface area contributed by atoms with Crippen LogP contribution in [0.5, 0.6) is 0 Å². The van der Waals surface area contributed by atoms with E-state index >= 15 is 0 Å². The van der Waals surface area contributed by atoms with Crippen molar-refractivity contribution in [2.24, 2.45) is 0 Å². The number of para-hydroxylation sites is 2. The molecule has 0 bridgehead atoms. The summed E-state index contributed by atoms with van der Waals surface area (Å²) < 4.78 is 11.5. The Morgan fingerprint density at radius 1 is 0.467 bits per heavy atom. The van der Waals surface area contributed by atoms with E-state index < -0.39 is 0 Å². The molecule has 7 aromatic carbocycles. The van der Waals surface area contributed by atoms with Crippen LogP contribution in [0, 0.1) is 0 Å². The lowest BCUT2D eigenvalue weighted by Crippen LogP contribution is -1.93. The van der Waals surface area contributed by atoms with Gasteiger partial charge in [-0.2, -0.15) is 0 Å². The molecule has 3 heteroatoms. The third kappa shape index (κ3) is 3.68. The number of thiophene rings is 1. The van der Waals surface area contributed by atoms with Gasteiger partial charge in [-0.1, -0.05) is 97.1 Å². The molecular formula is C42H25NOS. The van der Waals surface area contributed by atoms with Crippen LogP contribution >= 0.6 is 11.3 Å². The number of hydrogen-bond donors (Lipinski definition) is 0. The zero-order valence-electron chi connectivity index (χ0n) is 24.2. The normalized spacial score (nSPS) is 12.0. The molecule has 210 valence electrons. The summed E-state index contributed by atoms with van der Waals surface area (Å²) in [5.41, 5.74) is 10.3. The van der Waals surface area contributed by atoms with Crippen LogP contribution in [0.1, 0.15) is 0 Å². The SMILES string of the molecule is c1ccc(-n2c3ccccc3c3sc4ccc(-c5ccccc5-c5ccc6c(c5)oc5cc7ccccc7cc56)cc4c32)cc1. The fourth-order valence-corrected chi connectivity index (χ4v) is 8.30. The number of nitrogens with zero attached hydrogens (tertiary/aromatic N) is 1. The largest absolute Gasteiger partial charge is 0.456 e. The van der Waals surface area contributed by atoms with Gasteiger partial charge in [0.15, 0.2) is 0 Å². The van der Waals surface area contributed by atoms with Crippen molar-refractivity contribution in [3.8, 4) is 27.9 Å². The minimum absolute atomic E-state index is 0.912. The first kappa shape index (κ1) is 24.8. The average Bonchev–Trinajstić information content (AvgIpc) is 3.75. The quantitative estimate of drug-likeness (QED) is 0.200. The molecule has 10 aromatic rings. The van der Waals surface area contributed by atoms with E-state index in [4.69, 9.17) is 4.42 Å². The van der Waals surface area contributed by atoms with E-state index in [2.05, 4.69) is 156 Å². The fraction of sp³-hybridized carbons (Fsp3) is 0. The van der Waals surface area contributed by atoms with Crippen LogP contribution in [0.2, 0.25) is 0 Å². The highest BCUT2D eigenvalue weighted by atomic mass is 32.1. The van der Waals surface area contributed by atoms with Gasteiger partial charge in [-0.25, -0.2) is 0 Å². The molecule has 0 atom stereocenters. The van der Waals surface area contributed by atoms with Crippen LogP contribution < -0.4 is 0 Å².